The van der Waals surface area contributed by atoms with Crippen molar-refractivity contribution < 1.29 is 5.11 Å². The summed E-state index contributed by atoms with van der Waals surface area (Å²) in [5.74, 6) is 1.65. The Hall–Kier alpha value is -2.25. The number of rotatable bonds is 5. The van der Waals surface area contributed by atoms with E-state index in [1.165, 1.54) is 11.4 Å². The molecule has 4 rings (SSSR count). The molecule has 0 unspecified atom stereocenters. The number of nitrogens with zero attached hydrogens (tertiary/aromatic N) is 5. The fraction of sp³-hybridized carbons (Fsp3) is 0.389. The molecule has 0 radical (unpaired) electrons. The van der Waals surface area contributed by atoms with E-state index in [0.717, 1.165) is 43.3 Å². The first-order valence-electron chi connectivity index (χ1n) is 8.53. The Bertz CT molecular complexity index is 808. The summed E-state index contributed by atoms with van der Waals surface area (Å²) in [6.07, 6.45) is 9.77. The molecule has 0 bridgehead atoms. The number of hydrogen-bond donors (Lipinski definition) is 1. The van der Waals surface area contributed by atoms with Gasteiger partial charge in [-0.05, 0) is 30.5 Å². The van der Waals surface area contributed by atoms with Gasteiger partial charge in [0.1, 0.15) is 5.82 Å². The van der Waals surface area contributed by atoms with Crippen molar-refractivity contribution in [2.45, 2.75) is 31.9 Å². The quantitative estimate of drug-likeness (QED) is 0.762. The first kappa shape index (κ1) is 16.2. The minimum Gasteiger partial charge on any atom is -0.390 e. The van der Waals surface area contributed by atoms with Gasteiger partial charge in [0.15, 0.2) is 5.13 Å². The summed E-state index contributed by atoms with van der Waals surface area (Å²) < 4.78 is 2.25. The van der Waals surface area contributed by atoms with Gasteiger partial charge in [0, 0.05) is 55.7 Å². The molecule has 25 heavy (non-hydrogen) atoms. The van der Waals surface area contributed by atoms with Gasteiger partial charge >= 0.3 is 0 Å². The van der Waals surface area contributed by atoms with Crippen LogP contribution < -0.4 is 4.90 Å². The van der Waals surface area contributed by atoms with Crippen molar-refractivity contribution in [3.8, 4) is 0 Å². The zero-order valence-electron chi connectivity index (χ0n) is 14.0. The van der Waals surface area contributed by atoms with Crippen LogP contribution in [0.25, 0.3) is 0 Å². The van der Waals surface area contributed by atoms with Crippen LogP contribution in [0.2, 0.25) is 0 Å². The number of anilines is 1. The van der Waals surface area contributed by atoms with Crippen LogP contribution in [-0.2, 0) is 13.2 Å². The van der Waals surface area contributed by atoms with Crippen molar-refractivity contribution in [2.75, 3.05) is 18.0 Å². The van der Waals surface area contributed by atoms with Crippen LogP contribution >= 0.6 is 11.3 Å². The highest BCUT2D eigenvalue weighted by Gasteiger charge is 2.25. The average molecular weight is 355 g/mol. The number of pyridine rings is 1. The molecule has 1 saturated heterocycles. The van der Waals surface area contributed by atoms with Crippen molar-refractivity contribution in [3.05, 3.63) is 59.4 Å². The third kappa shape index (κ3) is 3.57. The molecule has 0 atom stereocenters. The number of hydrogen-bond acceptors (Lipinski definition) is 6. The van der Waals surface area contributed by atoms with E-state index in [-0.39, 0.29) is 6.61 Å². The summed E-state index contributed by atoms with van der Waals surface area (Å²) in [4.78, 5) is 15.5. The van der Waals surface area contributed by atoms with Crippen molar-refractivity contribution in [1.82, 2.24) is 19.5 Å². The Morgan fingerprint density at radius 2 is 1.96 bits per heavy atom. The van der Waals surface area contributed by atoms with Crippen LogP contribution in [0, 0.1) is 0 Å². The molecule has 1 fully saturated rings. The standard InChI is InChI=1S/C18H21N5OS/c24-12-16-13-25-18(21-16)22-8-3-15(4-9-22)17-20-7-10-23(17)11-14-1-5-19-6-2-14/h1-2,5-7,10,13,15,24H,3-4,8-9,11-12H2. The van der Waals surface area contributed by atoms with E-state index >= 15 is 0 Å². The maximum absolute atomic E-state index is 9.18. The first-order chi connectivity index (χ1) is 12.3. The van der Waals surface area contributed by atoms with Crippen LogP contribution in [-0.4, -0.2) is 37.7 Å². The summed E-state index contributed by atoms with van der Waals surface area (Å²) in [6, 6.07) is 4.10. The summed E-state index contributed by atoms with van der Waals surface area (Å²) in [7, 11) is 0. The van der Waals surface area contributed by atoms with Gasteiger partial charge in [-0.2, -0.15) is 0 Å². The zero-order valence-corrected chi connectivity index (χ0v) is 14.8. The van der Waals surface area contributed by atoms with Crippen molar-refractivity contribution >= 4 is 16.5 Å². The highest BCUT2D eigenvalue weighted by molar-refractivity contribution is 7.13. The van der Waals surface area contributed by atoms with Crippen LogP contribution in [0.1, 0.15) is 35.8 Å². The zero-order chi connectivity index (χ0) is 17.1. The van der Waals surface area contributed by atoms with E-state index in [1.807, 2.05) is 36.1 Å². The predicted octanol–water partition coefficient (Wildman–Crippen LogP) is 2.66. The van der Waals surface area contributed by atoms with Gasteiger partial charge in [-0.25, -0.2) is 9.97 Å². The van der Waals surface area contributed by atoms with Gasteiger partial charge in [0.2, 0.25) is 0 Å². The Labute approximate surface area is 150 Å². The molecular formula is C18H21N5OS. The molecule has 1 aliphatic heterocycles. The highest BCUT2D eigenvalue weighted by Crippen LogP contribution is 2.31. The molecular weight excluding hydrogens is 334 g/mol. The van der Waals surface area contributed by atoms with Gasteiger partial charge in [0.25, 0.3) is 0 Å². The van der Waals surface area contributed by atoms with Gasteiger partial charge in [-0.15, -0.1) is 11.3 Å². The second kappa shape index (κ2) is 7.33. The maximum Gasteiger partial charge on any atom is 0.185 e. The van der Waals surface area contributed by atoms with Crippen LogP contribution in [0.3, 0.4) is 0 Å². The Kier molecular flexibility index (Phi) is 4.76. The van der Waals surface area contributed by atoms with E-state index in [2.05, 4.69) is 30.6 Å². The monoisotopic (exact) mass is 355 g/mol. The molecule has 0 aromatic carbocycles. The fourth-order valence-corrected chi connectivity index (χ4v) is 4.21. The molecule has 6 nitrogen and oxygen atoms in total. The molecule has 1 aliphatic rings. The number of aliphatic hydroxyl groups excluding tert-OH is 1. The van der Waals surface area contributed by atoms with E-state index < -0.39 is 0 Å². The lowest BCUT2D eigenvalue weighted by Crippen LogP contribution is -2.33. The lowest BCUT2D eigenvalue weighted by molar-refractivity contribution is 0.277. The average Bonchev–Trinajstić information content (AvgIpc) is 3.32. The number of aromatic nitrogens is 4. The maximum atomic E-state index is 9.18. The first-order valence-corrected chi connectivity index (χ1v) is 9.41. The molecule has 0 amide bonds. The Morgan fingerprint density at radius 3 is 2.68 bits per heavy atom. The lowest BCUT2D eigenvalue weighted by Gasteiger charge is -2.31. The van der Waals surface area contributed by atoms with E-state index in [4.69, 9.17) is 0 Å². The molecule has 4 heterocycles. The van der Waals surface area contributed by atoms with Crippen LogP contribution in [0.15, 0.2) is 42.3 Å². The van der Waals surface area contributed by atoms with E-state index in [1.54, 1.807) is 11.3 Å². The summed E-state index contributed by atoms with van der Waals surface area (Å²) >= 11 is 1.61. The number of imidazole rings is 1. The van der Waals surface area contributed by atoms with E-state index in [9.17, 15) is 5.11 Å². The third-order valence-electron chi connectivity index (χ3n) is 4.68. The Balaban J connectivity index is 1.42. The number of piperidine rings is 1. The molecule has 3 aromatic heterocycles. The van der Waals surface area contributed by atoms with Crippen LogP contribution in [0.4, 0.5) is 5.13 Å². The molecule has 0 aliphatic carbocycles. The molecule has 7 heteroatoms. The third-order valence-corrected chi connectivity index (χ3v) is 5.63. The van der Waals surface area contributed by atoms with Crippen LogP contribution in [0.5, 0.6) is 0 Å². The Morgan fingerprint density at radius 1 is 1.16 bits per heavy atom. The topological polar surface area (TPSA) is 67.1 Å². The summed E-state index contributed by atoms with van der Waals surface area (Å²) in [5, 5.41) is 12.1. The van der Waals surface area contributed by atoms with Gasteiger partial charge < -0.3 is 14.6 Å². The predicted molar refractivity (Wildman–Crippen MR) is 97.8 cm³/mol. The number of aliphatic hydroxyl groups is 1. The molecule has 1 N–H and O–H groups in total. The van der Waals surface area contributed by atoms with Gasteiger partial charge in [-0.3, -0.25) is 4.98 Å². The number of thiazole rings is 1. The normalized spacial score (nSPS) is 15.6. The summed E-state index contributed by atoms with van der Waals surface area (Å²) in [5.41, 5.74) is 2.00. The SMILES string of the molecule is OCc1csc(N2CCC(c3nccn3Cc3ccncc3)CC2)n1. The molecule has 3 aromatic rings. The molecule has 0 saturated carbocycles. The molecule has 0 spiro atoms. The minimum atomic E-state index is 0.0133. The molecule has 130 valence electrons. The largest absolute Gasteiger partial charge is 0.390 e. The second-order valence-corrected chi connectivity index (χ2v) is 7.15. The van der Waals surface area contributed by atoms with Gasteiger partial charge in [-0.1, -0.05) is 0 Å². The minimum absolute atomic E-state index is 0.0133. The van der Waals surface area contributed by atoms with Gasteiger partial charge in [0.05, 0.1) is 12.3 Å². The summed E-state index contributed by atoms with van der Waals surface area (Å²) in [6.45, 7) is 2.81. The van der Waals surface area contributed by atoms with Crippen molar-refractivity contribution in [3.63, 3.8) is 0 Å². The van der Waals surface area contributed by atoms with E-state index in [0.29, 0.717) is 5.92 Å². The fourth-order valence-electron chi connectivity index (χ4n) is 3.34. The lowest BCUT2D eigenvalue weighted by atomic mass is 9.96. The van der Waals surface area contributed by atoms with Crippen molar-refractivity contribution in [1.29, 1.82) is 0 Å². The van der Waals surface area contributed by atoms with Crippen molar-refractivity contribution in [2.24, 2.45) is 0 Å². The highest BCUT2D eigenvalue weighted by atomic mass is 32.1. The smallest absolute Gasteiger partial charge is 0.185 e. The second-order valence-electron chi connectivity index (χ2n) is 6.31.